The molecule has 0 amide bonds. The molecule has 0 aliphatic rings. The third-order valence-electron chi connectivity index (χ3n) is 3.05. The number of carbonyl (C=O) groups excluding carboxylic acids is 1. The number of carbonyl (C=O) groups is 1. The Morgan fingerprint density at radius 1 is 1.48 bits per heavy atom. The Kier molecular flexibility index (Phi) is 5.20. The maximum atomic E-state index is 11.9. The van der Waals surface area contributed by atoms with E-state index < -0.39 is 0 Å². The molecule has 0 saturated heterocycles. The average Bonchev–Trinajstić information content (AvgIpc) is 2.98. The van der Waals surface area contributed by atoms with Crippen LogP contribution in [0.25, 0.3) is 0 Å². The topological polar surface area (TPSA) is 82.2 Å². The van der Waals surface area contributed by atoms with Crippen molar-refractivity contribution in [2.75, 3.05) is 24.2 Å². The number of para-hydroxylation sites is 1. The summed E-state index contributed by atoms with van der Waals surface area (Å²) < 4.78 is 7.04. The van der Waals surface area contributed by atoms with E-state index in [-0.39, 0.29) is 5.97 Å². The average molecular weight is 288 g/mol. The van der Waals surface area contributed by atoms with Gasteiger partial charge >= 0.3 is 5.97 Å². The second-order valence-electron chi connectivity index (χ2n) is 4.57. The first-order chi connectivity index (χ1) is 10.2. The number of rotatable bonds is 7. The Labute approximate surface area is 123 Å². The van der Waals surface area contributed by atoms with E-state index in [9.17, 15) is 4.79 Å². The summed E-state index contributed by atoms with van der Waals surface area (Å²) in [6.07, 6.45) is 6.34. The highest BCUT2D eigenvalue weighted by atomic mass is 16.5. The minimum absolute atomic E-state index is 0.341. The van der Waals surface area contributed by atoms with E-state index in [1.807, 2.05) is 10.8 Å². The molecule has 0 atom stereocenters. The number of benzene rings is 1. The van der Waals surface area contributed by atoms with Crippen molar-refractivity contribution in [3.05, 3.63) is 42.5 Å². The zero-order valence-electron chi connectivity index (χ0n) is 12.1. The number of aryl methyl sites for hydroxylation is 1. The lowest BCUT2D eigenvalue weighted by molar-refractivity contribution is 0.0527. The summed E-state index contributed by atoms with van der Waals surface area (Å²) in [6, 6.07) is 5.23. The van der Waals surface area contributed by atoms with E-state index >= 15 is 0 Å². The van der Waals surface area contributed by atoms with Gasteiger partial charge in [0.2, 0.25) is 0 Å². The molecule has 3 N–H and O–H groups in total. The van der Waals surface area contributed by atoms with E-state index in [1.165, 1.54) is 0 Å². The van der Waals surface area contributed by atoms with Gasteiger partial charge in [0, 0.05) is 25.5 Å². The van der Waals surface area contributed by atoms with Crippen molar-refractivity contribution in [1.29, 1.82) is 0 Å². The molecule has 21 heavy (non-hydrogen) atoms. The summed E-state index contributed by atoms with van der Waals surface area (Å²) in [5.41, 5.74) is 7.60. The molecule has 0 fully saturated rings. The molecule has 0 aliphatic heterocycles. The number of hydrogen-bond donors (Lipinski definition) is 2. The Balaban J connectivity index is 1.96. The van der Waals surface area contributed by atoms with Crippen LogP contribution in [0.2, 0.25) is 0 Å². The molecule has 0 bridgehead atoms. The van der Waals surface area contributed by atoms with Gasteiger partial charge in [0.15, 0.2) is 0 Å². The normalized spacial score (nSPS) is 10.3. The standard InChI is InChI=1S/C15H20N4O2/c1-2-21-15(20)12-5-3-6-13(16)14(12)18-7-4-9-19-10-8-17-11-19/h3,5-6,8,10-11,18H,2,4,7,9,16H2,1H3. The molecule has 112 valence electrons. The number of nitrogens with one attached hydrogen (secondary N) is 1. The molecule has 0 unspecified atom stereocenters. The second-order valence-corrected chi connectivity index (χ2v) is 4.57. The van der Waals surface area contributed by atoms with Crippen LogP contribution in [-0.2, 0) is 11.3 Å². The Morgan fingerprint density at radius 2 is 2.33 bits per heavy atom. The molecular weight excluding hydrogens is 268 g/mol. The number of nitrogen functional groups attached to an aromatic ring is 1. The van der Waals surface area contributed by atoms with Crippen LogP contribution in [0, 0.1) is 0 Å². The Morgan fingerprint density at radius 3 is 3.05 bits per heavy atom. The predicted molar refractivity (Wildman–Crippen MR) is 82.1 cm³/mol. The van der Waals surface area contributed by atoms with Crippen LogP contribution in [0.3, 0.4) is 0 Å². The van der Waals surface area contributed by atoms with Crippen molar-refractivity contribution >= 4 is 17.3 Å². The van der Waals surface area contributed by atoms with Gasteiger partial charge in [-0.15, -0.1) is 0 Å². The van der Waals surface area contributed by atoms with Gasteiger partial charge in [-0.3, -0.25) is 0 Å². The second kappa shape index (κ2) is 7.33. The van der Waals surface area contributed by atoms with E-state index in [2.05, 4.69) is 10.3 Å². The fourth-order valence-corrected chi connectivity index (χ4v) is 2.04. The fraction of sp³-hybridized carbons (Fsp3) is 0.333. The number of esters is 1. The van der Waals surface area contributed by atoms with Crippen molar-refractivity contribution in [3.8, 4) is 0 Å². The van der Waals surface area contributed by atoms with Gasteiger partial charge in [0.1, 0.15) is 0 Å². The number of ether oxygens (including phenoxy) is 1. The minimum atomic E-state index is -0.359. The molecule has 6 heteroatoms. The summed E-state index contributed by atoms with van der Waals surface area (Å²) in [7, 11) is 0. The number of nitrogens with zero attached hydrogens (tertiary/aromatic N) is 2. The fourth-order valence-electron chi connectivity index (χ4n) is 2.04. The summed E-state index contributed by atoms with van der Waals surface area (Å²) in [5, 5.41) is 3.22. The van der Waals surface area contributed by atoms with Crippen LogP contribution in [0.15, 0.2) is 36.9 Å². The first-order valence-corrected chi connectivity index (χ1v) is 6.97. The number of aromatic nitrogens is 2. The van der Waals surface area contributed by atoms with Crippen LogP contribution in [-0.4, -0.2) is 28.7 Å². The predicted octanol–water partition coefficient (Wildman–Crippen LogP) is 2.14. The van der Waals surface area contributed by atoms with Gasteiger partial charge < -0.3 is 20.4 Å². The van der Waals surface area contributed by atoms with Crippen molar-refractivity contribution in [3.63, 3.8) is 0 Å². The molecule has 1 aromatic heterocycles. The first kappa shape index (κ1) is 14.9. The van der Waals surface area contributed by atoms with E-state index in [0.717, 1.165) is 13.0 Å². The molecule has 2 aromatic rings. The number of imidazole rings is 1. The van der Waals surface area contributed by atoms with Gasteiger partial charge in [-0.25, -0.2) is 9.78 Å². The van der Waals surface area contributed by atoms with Crippen molar-refractivity contribution in [1.82, 2.24) is 9.55 Å². The van der Waals surface area contributed by atoms with Gasteiger partial charge in [-0.1, -0.05) is 6.07 Å². The number of nitrogens with two attached hydrogens (primary N) is 1. The molecule has 0 spiro atoms. The molecule has 6 nitrogen and oxygen atoms in total. The molecule has 1 heterocycles. The lowest BCUT2D eigenvalue weighted by Crippen LogP contribution is -2.13. The summed E-state index contributed by atoms with van der Waals surface area (Å²) >= 11 is 0. The Hall–Kier alpha value is -2.50. The van der Waals surface area contributed by atoms with E-state index in [4.69, 9.17) is 10.5 Å². The van der Waals surface area contributed by atoms with Crippen molar-refractivity contribution < 1.29 is 9.53 Å². The van der Waals surface area contributed by atoms with Crippen molar-refractivity contribution in [2.24, 2.45) is 0 Å². The molecule has 2 rings (SSSR count). The lowest BCUT2D eigenvalue weighted by Gasteiger charge is -2.13. The smallest absolute Gasteiger partial charge is 0.340 e. The van der Waals surface area contributed by atoms with Crippen LogP contribution >= 0.6 is 0 Å². The Bertz CT molecular complexity index is 581. The number of anilines is 2. The van der Waals surface area contributed by atoms with Crippen molar-refractivity contribution in [2.45, 2.75) is 19.9 Å². The molecule has 0 aliphatic carbocycles. The van der Waals surface area contributed by atoms with Gasteiger partial charge in [0.25, 0.3) is 0 Å². The quantitative estimate of drug-likeness (QED) is 0.463. The summed E-state index contributed by atoms with van der Waals surface area (Å²) in [4.78, 5) is 15.9. The molecular formula is C15H20N4O2. The molecule has 0 radical (unpaired) electrons. The van der Waals surface area contributed by atoms with Gasteiger partial charge in [0.05, 0.1) is 29.9 Å². The van der Waals surface area contributed by atoms with Gasteiger partial charge in [-0.05, 0) is 25.5 Å². The maximum Gasteiger partial charge on any atom is 0.340 e. The monoisotopic (exact) mass is 288 g/mol. The highest BCUT2D eigenvalue weighted by molar-refractivity contribution is 5.98. The highest BCUT2D eigenvalue weighted by Crippen LogP contribution is 2.24. The van der Waals surface area contributed by atoms with Crippen LogP contribution in [0.1, 0.15) is 23.7 Å². The third-order valence-corrected chi connectivity index (χ3v) is 3.05. The number of hydrogen-bond acceptors (Lipinski definition) is 5. The first-order valence-electron chi connectivity index (χ1n) is 6.97. The molecule has 1 aromatic carbocycles. The zero-order valence-corrected chi connectivity index (χ0v) is 12.1. The zero-order chi connectivity index (χ0) is 15.1. The van der Waals surface area contributed by atoms with Crippen LogP contribution in [0.4, 0.5) is 11.4 Å². The van der Waals surface area contributed by atoms with E-state index in [0.29, 0.717) is 30.1 Å². The summed E-state index contributed by atoms with van der Waals surface area (Å²) in [5.74, 6) is -0.359. The van der Waals surface area contributed by atoms with E-state index in [1.54, 1.807) is 37.6 Å². The SMILES string of the molecule is CCOC(=O)c1cccc(N)c1NCCCn1ccnc1. The summed E-state index contributed by atoms with van der Waals surface area (Å²) in [6.45, 7) is 3.68. The third kappa shape index (κ3) is 3.98. The highest BCUT2D eigenvalue weighted by Gasteiger charge is 2.14. The maximum absolute atomic E-state index is 11.9. The van der Waals surface area contributed by atoms with Gasteiger partial charge in [-0.2, -0.15) is 0 Å². The lowest BCUT2D eigenvalue weighted by atomic mass is 10.1. The minimum Gasteiger partial charge on any atom is -0.462 e. The molecule has 0 saturated carbocycles. The van der Waals surface area contributed by atoms with Crippen LogP contribution in [0.5, 0.6) is 0 Å². The van der Waals surface area contributed by atoms with Crippen LogP contribution < -0.4 is 11.1 Å². The largest absolute Gasteiger partial charge is 0.462 e.